The number of nitrogens with zero attached hydrogens (tertiary/aromatic N) is 1. The van der Waals surface area contributed by atoms with Crippen molar-refractivity contribution in [2.75, 3.05) is 31.7 Å². The van der Waals surface area contributed by atoms with Gasteiger partial charge in [0.25, 0.3) is 11.8 Å². The molecule has 2 heterocycles. The third kappa shape index (κ3) is 2.98. The van der Waals surface area contributed by atoms with Gasteiger partial charge >= 0.3 is 0 Å². The van der Waals surface area contributed by atoms with Crippen molar-refractivity contribution in [3.05, 3.63) is 35.4 Å². The molecule has 1 unspecified atom stereocenters. The number of carbonyl (C=O) groups is 3. The van der Waals surface area contributed by atoms with Crippen LogP contribution in [0.1, 0.15) is 27.1 Å². The van der Waals surface area contributed by atoms with Crippen molar-refractivity contribution in [2.24, 2.45) is 0 Å². The van der Waals surface area contributed by atoms with Gasteiger partial charge in [-0.15, -0.1) is 0 Å². The van der Waals surface area contributed by atoms with Crippen molar-refractivity contribution in [3.8, 4) is 0 Å². The molecule has 1 aromatic carbocycles. The van der Waals surface area contributed by atoms with Crippen LogP contribution >= 0.6 is 11.8 Å². The topological polar surface area (TPSA) is 75.7 Å². The number of hydrogen-bond acceptors (Lipinski definition) is 5. The van der Waals surface area contributed by atoms with Crippen molar-refractivity contribution >= 4 is 29.5 Å². The maximum atomic E-state index is 12.2. The number of fused-ring (bicyclic) bond motifs is 1. The third-order valence-corrected chi connectivity index (χ3v) is 5.51. The number of imide groups is 1. The van der Waals surface area contributed by atoms with Crippen molar-refractivity contribution in [1.82, 2.24) is 10.2 Å². The molecule has 0 radical (unpaired) electrons. The lowest BCUT2D eigenvalue weighted by Crippen LogP contribution is -2.48. The number of methoxy groups -OCH3 is 1. The first kappa shape index (κ1) is 16.0. The first-order valence-corrected chi connectivity index (χ1v) is 8.57. The van der Waals surface area contributed by atoms with Crippen LogP contribution < -0.4 is 5.32 Å². The number of rotatable bonds is 5. The highest BCUT2D eigenvalue weighted by Crippen LogP contribution is 2.30. The SMILES string of the molecule is COC1(CNC(=O)CN2C(=O)c3ccccc3C2=O)CCSC1. The van der Waals surface area contributed by atoms with Crippen molar-refractivity contribution < 1.29 is 19.1 Å². The fourth-order valence-electron chi connectivity index (χ4n) is 2.80. The molecule has 2 aliphatic heterocycles. The highest BCUT2D eigenvalue weighted by atomic mass is 32.2. The van der Waals surface area contributed by atoms with Gasteiger partial charge in [-0.05, 0) is 24.3 Å². The number of nitrogens with one attached hydrogen (secondary N) is 1. The minimum Gasteiger partial charge on any atom is -0.376 e. The Morgan fingerprint density at radius 1 is 1.30 bits per heavy atom. The van der Waals surface area contributed by atoms with E-state index in [2.05, 4.69) is 5.32 Å². The molecule has 1 aromatic rings. The summed E-state index contributed by atoms with van der Waals surface area (Å²) in [5, 5.41) is 2.79. The average molecular weight is 334 g/mol. The van der Waals surface area contributed by atoms with E-state index in [0.717, 1.165) is 22.8 Å². The van der Waals surface area contributed by atoms with Crippen LogP contribution in [0, 0.1) is 0 Å². The Balaban J connectivity index is 1.61. The molecule has 3 amide bonds. The standard InChI is InChI=1S/C16H18N2O4S/c1-22-16(6-7-23-10-16)9-17-13(19)8-18-14(20)11-4-2-3-5-12(11)15(18)21/h2-5H,6-10H2,1H3,(H,17,19). The second-order valence-corrected chi connectivity index (χ2v) is 6.81. The Labute approximate surface area is 138 Å². The number of amides is 3. The molecule has 6 nitrogen and oxygen atoms in total. The number of ether oxygens (including phenoxy) is 1. The van der Waals surface area contributed by atoms with E-state index in [9.17, 15) is 14.4 Å². The van der Waals surface area contributed by atoms with E-state index in [4.69, 9.17) is 4.74 Å². The van der Waals surface area contributed by atoms with Crippen LogP contribution in [0.15, 0.2) is 24.3 Å². The number of benzene rings is 1. The Morgan fingerprint density at radius 2 is 1.96 bits per heavy atom. The molecule has 1 saturated heterocycles. The van der Waals surface area contributed by atoms with Crippen LogP contribution in [-0.2, 0) is 9.53 Å². The summed E-state index contributed by atoms with van der Waals surface area (Å²) in [5.74, 6) is 0.643. The monoisotopic (exact) mass is 334 g/mol. The van der Waals surface area contributed by atoms with E-state index in [-0.39, 0.29) is 18.1 Å². The highest BCUT2D eigenvalue weighted by Gasteiger charge is 2.38. The number of thioether (sulfide) groups is 1. The molecule has 7 heteroatoms. The summed E-state index contributed by atoms with van der Waals surface area (Å²) in [6.07, 6.45) is 0.876. The second kappa shape index (κ2) is 6.33. The Bertz CT molecular complexity index is 620. The molecule has 0 aromatic heterocycles. The van der Waals surface area contributed by atoms with Crippen LogP contribution in [0.4, 0.5) is 0 Å². The summed E-state index contributed by atoms with van der Waals surface area (Å²) in [6.45, 7) is 0.123. The molecule has 0 spiro atoms. The molecule has 1 N–H and O–H groups in total. The molecule has 1 atom stereocenters. The maximum absolute atomic E-state index is 12.2. The van der Waals surface area contributed by atoms with Gasteiger partial charge in [0.1, 0.15) is 6.54 Å². The first-order valence-electron chi connectivity index (χ1n) is 7.41. The van der Waals surface area contributed by atoms with E-state index in [1.165, 1.54) is 0 Å². The van der Waals surface area contributed by atoms with Gasteiger partial charge in [0.05, 0.1) is 16.7 Å². The summed E-state index contributed by atoms with van der Waals surface area (Å²) >= 11 is 1.79. The third-order valence-electron chi connectivity index (χ3n) is 4.29. The highest BCUT2D eigenvalue weighted by molar-refractivity contribution is 7.99. The molecule has 122 valence electrons. The Hall–Kier alpha value is -1.86. The molecule has 23 heavy (non-hydrogen) atoms. The van der Waals surface area contributed by atoms with Gasteiger partial charge in [-0.2, -0.15) is 11.8 Å². The molecular formula is C16H18N2O4S. The van der Waals surface area contributed by atoms with Crippen molar-refractivity contribution in [1.29, 1.82) is 0 Å². The normalized spacial score (nSPS) is 23.3. The largest absolute Gasteiger partial charge is 0.376 e. The second-order valence-electron chi connectivity index (χ2n) is 5.71. The minimum atomic E-state index is -0.418. The smallest absolute Gasteiger partial charge is 0.262 e. The lowest BCUT2D eigenvalue weighted by molar-refractivity contribution is -0.122. The van der Waals surface area contributed by atoms with E-state index >= 15 is 0 Å². The predicted molar refractivity (Wildman–Crippen MR) is 86.5 cm³/mol. The van der Waals surface area contributed by atoms with Gasteiger partial charge in [0.2, 0.25) is 5.91 Å². The van der Waals surface area contributed by atoms with Crippen molar-refractivity contribution in [3.63, 3.8) is 0 Å². The fourth-order valence-corrected chi connectivity index (χ4v) is 4.20. The van der Waals surface area contributed by atoms with E-state index in [1.807, 2.05) is 0 Å². The summed E-state index contributed by atoms with van der Waals surface area (Å²) in [6, 6.07) is 6.60. The number of hydrogen-bond donors (Lipinski definition) is 1. The van der Waals surface area contributed by atoms with Crippen LogP contribution in [0.2, 0.25) is 0 Å². The molecular weight excluding hydrogens is 316 g/mol. The summed E-state index contributed by atoms with van der Waals surface area (Å²) < 4.78 is 5.53. The molecule has 0 bridgehead atoms. The first-order chi connectivity index (χ1) is 11.1. The Kier molecular flexibility index (Phi) is 4.41. The fraction of sp³-hybridized carbons (Fsp3) is 0.438. The average Bonchev–Trinajstić information content (AvgIpc) is 3.14. The zero-order valence-corrected chi connectivity index (χ0v) is 13.6. The molecule has 1 fully saturated rings. The van der Waals surface area contributed by atoms with Gasteiger partial charge in [0.15, 0.2) is 0 Å². The van der Waals surface area contributed by atoms with E-state index in [0.29, 0.717) is 17.7 Å². The van der Waals surface area contributed by atoms with Gasteiger partial charge in [-0.25, -0.2) is 0 Å². The van der Waals surface area contributed by atoms with Crippen LogP contribution in [0.25, 0.3) is 0 Å². The summed E-state index contributed by atoms with van der Waals surface area (Å²) in [5.41, 5.74) is 0.360. The Morgan fingerprint density at radius 3 is 2.48 bits per heavy atom. The maximum Gasteiger partial charge on any atom is 0.262 e. The molecule has 2 aliphatic rings. The van der Waals surface area contributed by atoms with Crippen LogP contribution in [0.5, 0.6) is 0 Å². The lowest BCUT2D eigenvalue weighted by Gasteiger charge is -2.27. The zero-order valence-electron chi connectivity index (χ0n) is 12.8. The van der Waals surface area contributed by atoms with Gasteiger partial charge < -0.3 is 10.1 Å². The van der Waals surface area contributed by atoms with E-state index in [1.54, 1.807) is 43.1 Å². The van der Waals surface area contributed by atoms with Gasteiger partial charge in [0, 0.05) is 19.4 Å². The van der Waals surface area contributed by atoms with E-state index < -0.39 is 11.8 Å². The predicted octanol–water partition coefficient (Wildman–Crippen LogP) is 0.921. The summed E-state index contributed by atoms with van der Waals surface area (Å²) in [7, 11) is 1.64. The lowest BCUT2D eigenvalue weighted by atomic mass is 10.0. The molecule has 3 rings (SSSR count). The summed E-state index contributed by atoms with van der Waals surface area (Å²) in [4.78, 5) is 37.6. The molecule has 0 saturated carbocycles. The molecule has 0 aliphatic carbocycles. The van der Waals surface area contributed by atoms with Crippen LogP contribution in [0.3, 0.4) is 0 Å². The van der Waals surface area contributed by atoms with Gasteiger partial charge in [-0.3, -0.25) is 19.3 Å². The zero-order chi connectivity index (χ0) is 16.4. The van der Waals surface area contributed by atoms with Crippen molar-refractivity contribution in [2.45, 2.75) is 12.0 Å². The minimum absolute atomic E-state index is 0.265. The quantitative estimate of drug-likeness (QED) is 0.811. The van der Waals surface area contributed by atoms with Crippen LogP contribution in [-0.4, -0.2) is 59.9 Å². The van der Waals surface area contributed by atoms with Gasteiger partial charge in [-0.1, -0.05) is 12.1 Å². The number of carbonyl (C=O) groups excluding carboxylic acids is 3.